The van der Waals surface area contributed by atoms with E-state index in [4.69, 9.17) is 4.98 Å². The zero-order chi connectivity index (χ0) is 15.6. The molecule has 118 valence electrons. The van der Waals surface area contributed by atoms with E-state index in [2.05, 4.69) is 37.9 Å². The highest BCUT2D eigenvalue weighted by atomic mass is 15.2. The summed E-state index contributed by atoms with van der Waals surface area (Å²) >= 11 is 0. The summed E-state index contributed by atoms with van der Waals surface area (Å²) in [4.78, 5) is 9.23. The average Bonchev–Trinajstić information content (AvgIpc) is 3.22. The Bertz CT molecular complexity index is 819. The van der Waals surface area contributed by atoms with E-state index in [1.165, 1.54) is 0 Å². The fourth-order valence-corrected chi connectivity index (χ4v) is 3.06. The smallest absolute Gasteiger partial charge is 0.157 e. The molecule has 0 aromatic carbocycles. The summed E-state index contributed by atoms with van der Waals surface area (Å²) in [5.74, 6) is 1.34. The van der Waals surface area contributed by atoms with Gasteiger partial charge in [0.25, 0.3) is 0 Å². The van der Waals surface area contributed by atoms with Gasteiger partial charge in [0.1, 0.15) is 0 Å². The maximum Gasteiger partial charge on any atom is 0.157 e. The number of aryl methyl sites for hydroxylation is 1. The number of pyridine rings is 2. The van der Waals surface area contributed by atoms with E-state index < -0.39 is 0 Å². The van der Waals surface area contributed by atoms with Gasteiger partial charge < -0.3 is 10.6 Å². The van der Waals surface area contributed by atoms with Crippen molar-refractivity contribution in [1.82, 2.24) is 25.5 Å². The third kappa shape index (κ3) is 2.90. The highest BCUT2D eigenvalue weighted by Gasteiger charge is 2.19. The lowest BCUT2D eigenvalue weighted by molar-refractivity contribution is 0.738. The molecule has 0 bridgehead atoms. The number of fused-ring (bicyclic) bond motifs is 1. The number of nitrogens with one attached hydrogen (secondary N) is 3. The van der Waals surface area contributed by atoms with Gasteiger partial charge in [-0.25, -0.2) is 4.98 Å². The summed E-state index contributed by atoms with van der Waals surface area (Å²) in [6.07, 6.45) is 1.15. The molecule has 0 radical (unpaired) electrons. The zero-order valence-electron chi connectivity index (χ0n) is 13.1. The minimum Gasteiger partial charge on any atom is -0.362 e. The molecule has 4 heterocycles. The summed E-state index contributed by atoms with van der Waals surface area (Å²) in [5.41, 5.74) is 4.00. The summed E-state index contributed by atoms with van der Waals surface area (Å²) < 4.78 is 0. The van der Waals surface area contributed by atoms with Crippen molar-refractivity contribution >= 4 is 16.9 Å². The minimum absolute atomic E-state index is 0.510. The maximum atomic E-state index is 4.73. The molecule has 6 heteroatoms. The highest BCUT2D eigenvalue weighted by molar-refractivity contribution is 5.87. The predicted octanol–water partition coefficient (Wildman–Crippen LogP) is 2.35. The molecule has 3 N–H and O–H groups in total. The Morgan fingerprint density at radius 3 is 3.00 bits per heavy atom. The lowest BCUT2D eigenvalue weighted by Gasteiger charge is -2.07. The number of rotatable bonds is 4. The zero-order valence-corrected chi connectivity index (χ0v) is 13.1. The Kier molecular flexibility index (Phi) is 3.67. The first-order chi connectivity index (χ1) is 11.3. The molecule has 1 atom stereocenters. The van der Waals surface area contributed by atoms with E-state index in [1.807, 2.05) is 25.1 Å². The Labute approximate surface area is 134 Å². The van der Waals surface area contributed by atoms with Gasteiger partial charge in [-0.2, -0.15) is 5.10 Å². The third-order valence-corrected chi connectivity index (χ3v) is 4.31. The molecule has 3 aromatic rings. The second kappa shape index (κ2) is 5.96. The molecule has 0 aliphatic carbocycles. The van der Waals surface area contributed by atoms with Gasteiger partial charge in [0.15, 0.2) is 11.5 Å². The number of hydrogen-bond acceptors (Lipinski definition) is 5. The van der Waals surface area contributed by atoms with Crippen LogP contribution < -0.4 is 10.6 Å². The van der Waals surface area contributed by atoms with Crippen molar-refractivity contribution in [2.45, 2.75) is 25.8 Å². The normalized spacial score (nSPS) is 17.7. The van der Waals surface area contributed by atoms with Crippen LogP contribution in [0.2, 0.25) is 0 Å². The summed E-state index contributed by atoms with van der Waals surface area (Å²) in [7, 11) is 0. The molecule has 6 nitrogen and oxygen atoms in total. The minimum atomic E-state index is 0.510. The number of hydrogen-bond donors (Lipinski definition) is 3. The van der Waals surface area contributed by atoms with Gasteiger partial charge in [0.2, 0.25) is 0 Å². The monoisotopic (exact) mass is 308 g/mol. The number of aromatic amines is 1. The van der Waals surface area contributed by atoms with Gasteiger partial charge in [0.05, 0.1) is 17.6 Å². The van der Waals surface area contributed by atoms with Crippen molar-refractivity contribution in [3.05, 3.63) is 47.4 Å². The van der Waals surface area contributed by atoms with Crippen molar-refractivity contribution in [2.24, 2.45) is 0 Å². The lowest BCUT2D eigenvalue weighted by Crippen LogP contribution is -2.08. The molecule has 1 fully saturated rings. The number of nitrogens with zero attached hydrogens (tertiary/aromatic N) is 3. The van der Waals surface area contributed by atoms with Crippen LogP contribution in [0.3, 0.4) is 0 Å². The summed E-state index contributed by atoms with van der Waals surface area (Å²) in [6.45, 7) is 4.73. The van der Waals surface area contributed by atoms with E-state index in [-0.39, 0.29) is 0 Å². The molecule has 1 aliphatic heterocycles. The molecule has 0 amide bonds. The largest absolute Gasteiger partial charge is 0.362 e. The molecule has 0 unspecified atom stereocenters. The van der Waals surface area contributed by atoms with Crippen molar-refractivity contribution in [3.8, 4) is 0 Å². The fraction of sp³-hybridized carbons (Fsp3) is 0.353. The second-order valence-corrected chi connectivity index (χ2v) is 6.02. The van der Waals surface area contributed by atoms with Crippen LogP contribution in [0.5, 0.6) is 0 Å². The van der Waals surface area contributed by atoms with Gasteiger partial charge in [-0.1, -0.05) is 6.07 Å². The van der Waals surface area contributed by atoms with E-state index in [9.17, 15) is 0 Å². The van der Waals surface area contributed by atoms with Crippen LogP contribution in [0, 0.1) is 6.92 Å². The van der Waals surface area contributed by atoms with Crippen molar-refractivity contribution in [1.29, 1.82) is 0 Å². The first-order valence-electron chi connectivity index (χ1n) is 8.02. The maximum absolute atomic E-state index is 4.73. The molecular weight excluding hydrogens is 288 g/mol. The molecule has 0 saturated carbocycles. The standard InChI is InChI=1S/C17H20N6/c1-11-3-2-4-13(20-11)10-19-16-14-5-6-15(12-7-8-18-9-12)21-17(14)23-22-16/h2-6,12,18H,7-10H2,1H3,(H2,19,21,22,23)/t12-/m1/s1. The number of aromatic nitrogens is 4. The van der Waals surface area contributed by atoms with Gasteiger partial charge in [0, 0.05) is 23.9 Å². The fourth-order valence-electron chi connectivity index (χ4n) is 3.06. The van der Waals surface area contributed by atoms with Crippen LogP contribution in [0.25, 0.3) is 11.0 Å². The first kappa shape index (κ1) is 14.1. The second-order valence-electron chi connectivity index (χ2n) is 6.02. The molecule has 1 saturated heterocycles. The van der Waals surface area contributed by atoms with Crippen LogP contribution in [0.1, 0.15) is 29.4 Å². The SMILES string of the molecule is Cc1cccc(CNc2n[nH]c3nc([C@@H]4CCNC4)ccc23)n1. The topological polar surface area (TPSA) is 78.5 Å². The molecule has 0 spiro atoms. The quantitative estimate of drug-likeness (QED) is 0.689. The van der Waals surface area contributed by atoms with Gasteiger partial charge in [-0.15, -0.1) is 0 Å². The molecule has 1 aliphatic rings. The average molecular weight is 308 g/mol. The molecule has 23 heavy (non-hydrogen) atoms. The van der Waals surface area contributed by atoms with Crippen LogP contribution in [0.15, 0.2) is 30.3 Å². The highest BCUT2D eigenvalue weighted by Crippen LogP contribution is 2.25. The third-order valence-electron chi connectivity index (χ3n) is 4.31. The Morgan fingerprint density at radius 1 is 1.22 bits per heavy atom. The van der Waals surface area contributed by atoms with Gasteiger partial charge >= 0.3 is 0 Å². The molecule has 3 aromatic heterocycles. The van der Waals surface area contributed by atoms with E-state index >= 15 is 0 Å². The van der Waals surface area contributed by atoms with Crippen LogP contribution in [0.4, 0.5) is 5.82 Å². The Hall–Kier alpha value is -2.47. The summed E-state index contributed by atoms with van der Waals surface area (Å²) in [5, 5.41) is 15.1. The first-order valence-corrected chi connectivity index (χ1v) is 8.02. The van der Waals surface area contributed by atoms with Crippen LogP contribution in [-0.2, 0) is 6.54 Å². The predicted molar refractivity (Wildman–Crippen MR) is 90.4 cm³/mol. The van der Waals surface area contributed by atoms with Crippen molar-refractivity contribution in [3.63, 3.8) is 0 Å². The van der Waals surface area contributed by atoms with Crippen LogP contribution >= 0.6 is 0 Å². The van der Waals surface area contributed by atoms with Gasteiger partial charge in [-0.3, -0.25) is 10.1 Å². The van der Waals surface area contributed by atoms with Crippen molar-refractivity contribution in [2.75, 3.05) is 18.4 Å². The van der Waals surface area contributed by atoms with E-state index in [0.29, 0.717) is 12.5 Å². The Balaban J connectivity index is 1.54. The number of anilines is 1. The number of H-pyrrole nitrogens is 1. The van der Waals surface area contributed by atoms with Gasteiger partial charge in [-0.05, 0) is 44.2 Å². The Morgan fingerprint density at radius 2 is 2.17 bits per heavy atom. The molecular formula is C17H20N6. The van der Waals surface area contributed by atoms with Crippen LogP contribution in [-0.4, -0.2) is 33.3 Å². The lowest BCUT2D eigenvalue weighted by atomic mass is 10.0. The molecule has 4 rings (SSSR count). The van der Waals surface area contributed by atoms with E-state index in [1.54, 1.807) is 0 Å². The van der Waals surface area contributed by atoms with Crippen molar-refractivity contribution < 1.29 is 0 Å². The summed E-state index contributed by atoms with van der Waals surface area (Å²) in [6, 6.07) is 10.2. The van der Waals surface area contributed by atoms with E-state index in [0.717, 1.165) is 53.4 Å².